The third kappa shape index (κ3) is 3.75. The molecule has 1 aromatic rings. The second kappa shape index (κ2) is 6.93. The second-order valence-corrected chi connectivity index (χ2v) is 6.35. The molecule has 1 fully saturated rings. The van der Waals surface area contributed by atoms with Gasteiger partial charge in [0.1, 0.15) is 6.04 Å². The Balaban J connectivity index is 2.01. The first-order chi connectivity index (χ1) is 10.0. The number of aliphatic carboxylic acids is 1. The Hall–Kier alpha value is -1.56. The van der Waals surface area contributed by atoms with Crippen LogP contribution in [0.2, 0.25) is 0 Å². The molecule has 0 saturated carbocycles. The third-order valence-electron chi connectivity index (χ3n) is 4.22. The van der Waals surface area contributed by atoms with Gasteiger partial charge in [0.2, 0.25) is 0 Å². The number of hydrogen-bond donors (Lipinski definition) is 2. The summed E-state index contributed by atoms with van der Waals surface area (Å²) in [5.41, 5.74) is 1.05. The number of carboxylic acids is 1. The number of urea groups is 1. The van der Waals surface area contributed by atoms with E-state index in [1.165, 1.54) is 4.90 Å². The summed E-state index contributed by atoms with van der Waals surface area (Å²) < 4.78 is 0. The van der Waals surface area contributed by atoms with E-state index in [9.17, 15) is 14.7 Å². The minimum atomic E-state index is -0.911. The van der Waals surface area contributed by atoms with Crippen molar-refractivity contribution in [2.75, 3.05) is 6.54 Å². The van der Waals surface area contributed by atoms with Crippen molar-refractivity contribution in [3.05, 3.63) is 22.4 Å². The van der Waals surface area contributed by atoms with Crippen LogP contribution in [0.15, 0.2) is 16.8 Å². The number of carbonyl (C=O) groups excluding carboxylic acids is 1. The van der Waals surface area contributed by atoms with E-state index in [2.05, 4.69) is 12.2 Å². The number of hydrogen-bond acceptors (Lipinski definition) is 3. The lowest BCUT2D eigenvalue weighted by atomic mass is 9.89. The predicted octanol–water partition coefficient (Wildman–Crippen LogP) is 3.09. The van der Waals surface area contributed by atoms with Crippen LogP contribution >= 0.6 is 11.3 Å². The van der Waals surface area contributed by atoms with Crippen LogP contribution in [0, 0.1) is 5.92 Å². The Morgan fingerprint density at radius 3 is 2.90 bits per heavy atom. The molecule has 2 heterocycles. The average Bonchev–Trinajstić information content (AvgIpc) is 3.00. The van der Waals surface area contributed by atoms with Crippen LogP contribution in [0.1, 0.15) is 44.7 Å². The normalized spacial score (nSPS) is 23.6. The summed E-state index contributed by atoms with van der Waals surface area (Å²) in [6, 6.07) is 0.865. The Morgan fingerprint density at radius 2 is 2.33 bits per heavy atom. The average molecular weight is 310 g/mol. The maximum atomic E-state index is 12.4. The van der Waals surface area contributed by atoms with Crippen molar-refractivity contribution < 1.29 is 14.7 Å². The van der Waals surface area contributed by atoms with Gasteiger partial charge in [0.15, 0.2) is 0 Å². The third-order valence-corrected chi connectivity index (χ3v) is 4.92. The van der Waals surface area contributed by atoms with Crippen LogP contribution in [0.4, 0.5) is 4.79 Å². The standard InChI is InChI=1S/C15H22N2O3S/c1-3-11-4-6-17(13(8-11)14(18)19)15(20)16-10(2)12-5-7-21-9-12/h5,7,9-11,13H,3-4,6,8H2,1-2H3,(H,16,20)(H,18,19). The number of rotatable bonds is 4. The Kier molecular flexibility index (Phi) is 5.22. The summed E-state index contributed by atoms with van der Waals surface area (Å²) in [7, 11) is 0. The second-order valence-electron chi connectivity index (χ2n) is 5.57. The van der Waals surface area contributed by atoms with Crippen LogP contribution in [-0.4, -0.2) is 34.6 Å². The monoisotopic (exact) mass is 310 g/mol. The molecule has 2 N–H and O–H groups in total. The summed E-state index contributed by atoms with van der Waals surface area (Å²) in [5.74, 6) is -0.518. The molecule has 1 aliphatic heterocycles. The molecular weight excluding hydrogens is 288 g/mol. The van der Waals surface area contributed by atoms with Crippen molar-refractivity contribution in [3.8, 4) is 0 Å². The Bertz CT molecular complexity index is 489. The van der Waals surface area contributed by atoms with Crippen molar-refractivity contribution in [1.82, 2.24) is 10.2 Å². The highest BCUT2D eigenvalue weighted by atomic mass is 32.1. The van der Waals surface area contributed by atoms with Gasteiger partial charge in [-0.2, -0.15) is 11.3 Å². The van der Waals surface area contributed by atoms with Gasteiger partial charge in [-0.05, 0) is 48.1 Å². The molecule has 0 bridgehead atoms. The zero-order valence-corrected chi connectivity index (χ0v) is 13.2. The molecule has 5 nitrogen and oxygen atoms in total. The van der Waals surface area contributed by atoms with E-state index in [1.54, 1.807) is 11.3 Å². The maximum absolute atomic E-state index is 12.4. The zero-order chi connectivity index (χ0) is 15.4. The molecule has 21 heavy (non-hydrogen) atoms. The van der Waals surface area contributed by atoms with Crippen LogP contribution in [0.25, 0.3) is 0 Å². The fourth-order valence-corrected chi connectivity index (χ4v) is 3.51. The summed E-state index contributed by atoms with van der Waals surface area (Å²) in [6.45, 7) is 4.49. The van der Waals surface area contributed by atoms with Gasteiger partial charge in [0, 0.05) is 6.54 Å². The van der Waals surface area contributed by atoms with E-state index in [-0.39, 0.29) is 12.1 Å². The van der Waals surface area contributed by atoms with E-state index >= 15 is 0 Å². The van der Waals surface area contributed by atoms with Gasteiger partial charge in [-0.1, -0.05) is 13.3 Å². The zero-order valence-electron chi connectivity index (χ0n) is 12.4. The topological polar surface area (TPSA) is 69.6 Å². The number of thiophene rings is 1. The van der Waals surface area contributed by atoms with Crippen LogP contribution in [0.3, 0.4) is 0 Å². The largest absolute Gasteiger partial charge is 0.480 e. The molecule has 0 spiro atoms. The van der Waals surface area contributed by atoms with Crippen LogP contribution in [-0.2, 0) is 4.79 Å². The maximum Gasteiger partial charge on any atom is 0.326 e. The molecule has 1 aliphatic rings. The van der Waals surface area contributed by atoms with Crippen molar-refractivity contribution >= 4 is 23.3 Å². The molecular formula is C15H22N2O3S. The van der Waals surface area contributed by atoms with Crippen LogP contribution < -0.4 is 5.32 Å². The molecule has 2 rings (SSSR count). The Morgan fingerprint density at radius 1 is 1.57 bits per heavy atom. The predicted molar refractivity (Wildman–Crippen MR) is 82.4 cm³/mol. The Labute approximate surface area is 129 Å². The SMILES string of the molecule is CCC1CCN(C(=O)NC(C)c2ccsc2)C(C(=O)O)C1. The minimum Gasteiger partial charge on any atom is -0.480 e. The summed E-state index contributed by atoms with van der Waals surface area (Å²) >= 11 is 1.58. The van der Waals surface area contributed by atoms with Crippen molar-refractivity contribution in [1.29, 1.82) is 0 Å². The van der Waals surface area contributed by atoms with Gasteiger partial charge in [-0.3, -0.25) is 0 Å². The fraction of sp³-hybridized carbons (Fsp3) is 0.600. The van der Waals surface area contributed by atoms with Gasteiger partial charge in [-0.25, -0.2) is 9.59 Å². The van der Waals surface area contributed by atoms with E-state index in [1.807, 2.05) is 23.8 Å². The first-order valence-corrected chi connectivity index (χ1v) is 8.29. The molecule has 3 atom stereocenters. The highest BCUT2D eigenvalue weighted by Crippen LogP contribution is 2.26. The van der Waals surface area contributed by atoms with Crippen molar-refractivity contribution in [2.24, 2.45) is 5.92 Å². The summed E-state index contributed by atoms with van der Waals surface area (Å²) in [4.78, 5) is 25.3. The molecule has 0 radical (unpaired) electrons. The lowest BCUT2D eigenvalue weighted by Crippen LogP contribution is -2.53. The number of amides is 2. The number of likely N-dealkylation sites (tertiary alicyclic amines) is 1. The first-order valence-electron chi connectivity index (χ1n) is 7.35. The highest BCUT2D eigenvalue weighted by molar-refractivity contribution is 7.07. The van der Waals surface area contributed by atoms with E-state index < -0.39 is 12.0 Å². The highest BCUT2D eigenvalue weighted by Gasteiger charge is 2.35. The van der Waals surface area contributed by atoms with Crippen molar-refractivity contribution in [2.45, 2.75) is 45.2 Å². The van der Waals surface area contributed by atoms with Crippen LogP contribution in [0.5, 0.6) is 0 Å². The van der Waals surface area contributed by atoms with Gasteiger partial charge in [-0.15, -0.1) is 0 Å². The lowest BCUT2D eigenvalue weighted by Gasteiger charge is -2.37. The molecule has 1 saturated heterocycles. The number of carbonyl (C=O) groups is 2. The van der Waals surface area contributed by atoms with Gasteiger partial charge < -0.3 is 15.3 Å². The quantitative estimate of drug-likeness (QED) is 0.898. The molecule has 0 aliphatic carbocycles. The fourth-order valence-electron chi connectivity index (χ4n) is 2.76. The molecule has 6 heteroatoms. The minimum absolute atomic E-state index is 0.109. The number of nitrogens with one attached hydrogen (secondary N) is 1. The number of carboxylic acid groups (broad SMARTS) is 1. The smallest absolute Gasteiger partial charge is 0.326 e. The molecule has 2 amide bonds. The number of nitrogens with zero attached hydrogens (tertiary/aromatic N) is 1. The van der Waals surface area contributed by atoms with E-state index in [0.29, 0.717) is 18.9 Å². The summed E-state index contributed by atoms with van der Waals surface area (Å²) in [5, 5.41) is 16.2. The van der Waals surface area contributed by atoms with E-state index in [0.717, 1.165) is 18.4 Å². The molecule has 0 aromatic carbocycles. The van der Waals surface area contributed by atoms with E-state index in [4.69, 9.17) is 0 Å². The number of piperidine rings is 1. The van der Waals surface area contributed by atoms with Gasteiger partial charge in [0.05, 0.1) is 6.04 Å². The molecule has 116 valence electrons. The lowest BCUT2D eigenvalue weighted by molar-refractivity contribution is -0.144. The molecule has 1 aromatic heterocycles. The summed E-state index contributed by atoms with van der Waals surface area (Å²) in [6.07, 6.45) is 2.39. The van der Waals surface area contributed by atoms with Gasteiger partial charge in [0.25, 0.3) is 0 Å². The van der Waals surface area contributed by atoms with Gasteiger partial charge >= 0.3 is 12.0 Å². The van der Waals surface area contributed by atoms with Crippen molar-refractivity contribution in [3.63, 3.8) is 0 Å². The first kappa shape index (κ1) is 15.8. The molecule has 3 unspecified atom stereocenters.